The molecule has 4 heteroatoms. The molecule has 2 aliphatic heterocycles. The molecule has 0 amide bonds. The van der Waals surface area contributed by atoms with Gasteiger partial charge in [-0.3, -0.25) is 4.90 Å². The molecule has 2 heterocycles. The lowest BCUT2D eigenvalue weighted by Crippen LogP contribution is -2.81. The van der Waals surface area contributed by atoms with Gasteiger partial charge >= 0.3 is 0 Å². The maximum Gasteiger partial charge on any atom is 0.0690 e. The number of nitrogens with zero attached hydrogens (tertiary/aromatic N) is 1. The smallest absolute Gasteiger partial charge is 0.0690 e. The van der Waals surface area contributed by atoms with E-state index in [4.69, 9.17) is 15.2 Å². The van der Waals surface area contributed by atoms with Crippen LogP contribution in [0.2, 0.25) is 0 Å². The van der Waals surface area contributed by atoms with Gasteiger partial charge < -0.3 is 15.2 Å². The lowest BCUT2D eigenvalue weighted by atomic mass is 9.46. The van der Waals surface area contributed by atoms with Crippen molar-refractivity contribution in [2.45, 2.75) is 64.3 Å². The van der Waals surface area contributed by atoms with Gasteiger partial charge in [0.15, 0.2) is 0 Å². The molecule has 20 heavy (non-hydrogen) atoms. The maximum absolute atomic E-state index is 6.91. The molecule has 0 bridgehead atoms. The van der Waals surface area contributed by atoms with E-state index in [1.54, 1.807) is 0 Å². The van der Waals surface area contributed by atoms with Gasteiger partial charge in [-0.25, -0.2) is 0 Å². The third-order valence-electron chi connectivity index (χ3n) is 6.10. The number of nitrogens with two attached hydrogens (primary N) is 1. The highest BCUT2D eigenvalue weighted by atomic mass is 16.5. The van der Waals surface area contributed by atoms with Crippen LogP contribution in [0.4, 0.5) is 0 Å². The normalized spacial score (nSPS) is 48.5. The van der Waals surface area contributed by atoms with Gasteiger partial charge in [0.2, 0.25) is 0 Å². The monoisotopic (exact) mass is 282 g/mol. The minimum atomic E-state index is -0.122. The minimum Gasteiger partial charge on any atom is -0.377 e. The summed E-state index contributed by atoms with van der Waals surface area (Å²) in [7, 11) is 0. The van der Waals surface area contributed by atoms with E-state index in [0.717, 1.165) is 32.7 Å². The van der Waals surface area contributed by atoms with Crippen LogP contribution in [0.5, 0.6) is 0 Å². The van der Waals surface area contributed by atoms with E-state index in [-0.39, 0.29) is 11.0 Å². The Balaban J connectivity index is 1.74. The topological polar surface area (TPSA) is 47.7 Å². The van der Waals surface area contributed by atoms with Crippen molar-refractivity contribution >= 4 is 0 Å². The Kier molecular flexibility index (Phi) is 3.65. The number of hydrogen-bond acceptors (Lipinski definition) is 4. The van der Waals surface area contributed by atoms with Crippen molar-refractivity contribution in [2.75, 3.05) is 26.3 Å². The number of fused-ring (bicyclic) bond motifs is 1. The lowest BCUT2D eigenvalue weighted by Gasteiger charge is -2.68. The summed E-state index contributed by atoms with van der Waals surface area (Å²) in [5.41, 5.74) is 6.86. The highest BCUT2D eigenvalue weighted by molar-refractivity contribution is 5.21. The Hall–Kier alpha value is -0.160. The molecule has 0 radical (unpaired) electrons. The summed E-state index contributed by atoms with van der Waals surface area (Å²) in [5.74, 6) is 0.525. The van der Waals surface area contributed by atoms with Crippen LogP contribution in [-0.2, 0) is 9.47 Å². The molecule has 2 N–H and O–H groups in total. The summed E-state index contributed by atoms with van der Waals surface area (Å²) in [5, 5.41) is 0. The average Bonchev–Trinajstić information content (AvgIpc) is 2.43. The molecule has 0 aromatic heterocycles. The molecule has 3 fully saturated rings. The van der Waals surface area contributed by atoms with Crippen LogP contribution in [0.1, 0.15) is 40.5 Å². The molecule has 4 nitrogen and oxygen atoms in total. The summed E-state index contributed by atoms with van der Waals surface area (Å²) in [6.07, 6.45) is 3.05. The van der Waals surface area contributed by atoms with Crippen molar-refractivity contribution in [3.8, 4) is 0 Å². The van der Waals surface area contributed by atoms with Crippen molar-refractivity contribution in [1.82, 2.24) is 4.90 Å². The van der Waals surface area contributed by atoms with Crippen LogP contribution in [0, 0.1) is 11.3 Å². The van der Waals surface area contributed by atoms with E-state index in [1.807, 2.05) is 0 Å². The van der Waals surface area contributed by atoms with Crippen LogP contribution in [0.3, 0.4) is 0 Å². The van der Waals surface area contributed by atoms with Crippen molar-refractivity contribution in [2.24, 2.45) is 17.1 Å². The first-order valence-electron chi connectivity index (χ1n) is 8.12. The van der Waals surface area contributed by atoms with E-state index in [0.29, 0.717) is 24.2 Å². The molecular formula is C16H30N2O2. The molecule has 0 aromatic carbocycles. The SMILES string of the molecule is CC1CN(CC2(N)C3CCCOC3C2(C)C)C(C)CO1. The Morgan fingerprint density at radius 1 is 1.25 bits per heavy atom. The molecule has 116 valence electrons. The number of morpholine rings is 1. The van der Waals surface area contributed by atoms with Crippen LogP contribution >= 0.6 is 0 Å². The zero-order valence-electron chi connectivity index (χ0n) is 13.4. The van der Waals surface area contributed by atoms with E-state index in [2.05, 4.69) is 32.6 Å². The fourth-order valence-electron chi connectivity index (χ4n) is 4.52. The van der Waals surface area contributed by atoms with E-state index < -0.39 is 0 Å². The second kappa shape index (κ2) is 4.94. The van der Waals surface area contributed by atoms with Gasteiger partial charge in [0.25, 0.3) is 0 Å². The van der Waals surface area contributed by atoms with Gasteiger partial charge in [0.05, 0.1) is 18.8 Å². The first-order chi connectivity index (χ1) is 9.36. The summed E-state index contributed by atoms with van der Waals surface area (Å²) < 4.78 is 11.7. The standard InChI is InChI=1S/C16H30N2O2/c1-11-9-20-12(2)8-18(11)10-16(17)13-6-5-7-19-14(13)15(16,3)4/h11-14H,5-10,17H2,1-4H3. The van der Waals surface area contributed by atoms with Crippen molar-refractivity contribution in [3.05, 3.63) is 0 Å². The Labute approximate surface area is 123 Å². The van der Waals surface area contributed by atoms with Crippen LogP contribution in [0.25, 0.3) is 0 Å². The Morgan fingerprint density at radius 3 is 2.75 bits per heavy atom. The highest BCUT2D eigenvalue weighted by Gasteiger charge is 2.66. The number of ether oxygens (including phenoxy) is 2. The Bertz CT molecular complexity index is 373. The molecule has 0 aromatic rings. The third-order valence-corrected chi connectivity index (χ3v) is 6.10. The fraction of sp³-hybridized carbons (Fsp3) is 1.00. The number of hydrogen-bond donors (Lipinski definition) is 1. The molecule has 3 rings (SSSR count). The van der Waals surface area contributed by atoms with Gasteiger partial charge in [-0.1, -0.05) is 13.8 Å². The molecule has 3 aliphatic rings. The summed E-state index contributed by atoms with van der Waals surface area (Å²) in [6, 6.07) is 0.464. The lowest BCUT2D eigenvalue weighted by molar-refractivity contribution is -0.236. The summed E-state index contributed by atoms with van der Waals surface area (Å²) >= 11 is 0. The largest absolute Gasteiger partial charge is 0.377 e. The first-order valence-corrected chi connectivity index (χ1v) is 8.12. The van der Waals surface area contributed by atoms with Gasteiger partial charge in [-0.05, 0) is 26.7 Å². The van der Waals surface area contributed by atoms with Crippen molar-refractivity contribution < 1.29 is 9.47 Å². The van der Waals surface area contributed by atoms with Gasteiger partial charge in [-0.15, -0.1) is 0 Å². The fourth-order valence-corrected chi connectivity index (χ4v) is 4.52. The van der Waals surface area contributed by atoms with E-state index >= 15 is 0 Å². The molecule has 2 saturated heterocycles. The summed E-state index contributed by atoms with van der Waals surface area (Å²) in [4.78, 5) is 2.53. The average molecular weight is 282 g/mol. The summed E-state index contributed by atoms with van der Waals surface area (Å²) in [6.45, 7) is 12.7. The van der Waals surface area contributed by atoms with Crippen LogP contribution < -0.4 is 5.73 Å². The first kappa shape index (κ1) is 14.8. The molecule has 0 spiro atoms. The van der Waals surface area contributed by atoms with Crippen LogP contribution in [-0.4, -0.2) is 55.0 Å². The molecule has 5 atom stereocenters. The third kappa shape index (κ3) is 2.04. The quantitative estimate of drug-likeness (QED) is 0.836. The van der Waals surface area contributed by atoms with E-state index in [9.17, 15) is 0 Å². The van der Waals surface area contributed by atoms with Crippen molar-refractivity contribution in [1.29, 1.82) is 0 Å². The molecule has 1 aliphatic carbocycles. The second-order valence-electron chi connectivity index (χ2n) is 7.72. The van der Waals surface area contributed by atoms with Crippen molar-refractivity contribution in [3.63, 3.8) is 0 Å². The Morgan fingerprint density at radius 2 is 2.00 bits per heavy atom. The number of rotatable bonds is 2. The molecule has 5 unspecified atom stereocenters. The van der Waals surface area contributed by atoms with E-state index in [1.165, 1.54) is 6.42 Å². The zero-order valence-corrected chi connectivity index (χ0v) is 13.4. The molecule has 1 saturated carbocycles. The highest BCUT2D eigenvalue weighted by Crippen LogP contribution is 2.57. The maximum atomic E-state index is 6.91. The van der Waals surface area contributed by atoms with Crippen LogP contribution in [0.15, 0.2) is 0 Å². The predicted molar refractivity (Wildman–Crippen MR) is 79.6 cm³/mol. The second-order valence-corrected chi connectivity index (χ2v) is 7.72. The molecular weight excluding hydrogens is 252 g/mol. The van der Waals surface area contributed by atoms with Gasteiger partial charge in [0, 0.05) is 42.6 Å². The van der Waals surface area contributed by atoms with Gasteiger partial charge in [0.1, 0.15) is 0 Å². The zero-order chi connectivity index (χ0) is 14.5. The predicted octanol–water partition coefficient (Wildman–Crippen LogP) is 1.63. The van der Waals surface area contributed by atoms with Gasteiger partial charge in [-0.2, -0.15) is 0 Å². The minimum absolute atomic E-state index is 0.0688.